The summed E-state index contributed by atoms with van der Waals surface area (Å²) in [6.45, 7) is 5.13. The van der Waals surface area contributed by atoms with E-state index in [1.165, 1.54) is 29.3 Å². The highest BCUT2D eigenvalue weighted by molar-refractivity contribution is 14.1. The van der Waals surface area contributed by atoms with Gasteiger partial charge in [-0.05, 0) is 47.3 Å². The smallest absolute Gasteiger partial charge is 0.119 e. The lowest BCUT2D eigenvalue weighted by Gasteiger charge is -2.09. The zero-order chi connectivity index (χ0) is 11.8. The van der Waals surface area contributed by atoms with Crippen molar-refractivity contribution in [2.24, 2.45) is 5.92 Å². The molecule has 1 aromatic rings. The van der Waals surface area contributed by atoms with Gasteiger partial charge in [0.2, 0.25) is 0 Å². The molecule has 1 rings (SSSR count). The Morgan fingerprint density at radius 1 is 1.12 bits per heavy atom. The Balaban J connectivity index is 2.35. The molecule has 0 bridgehead atoms. The number of ether oxygens (including phenoxy) is 1. The van der Waals surface area contributed by atoms with Crippen molar-refractivity contribution in [3.05, 3.63) is 29.8 Å². The fourth-order valence-electron chi connectivity index (χ4n) is 1.44. The van der Waals surface area contributed by atoms with Crippen molar-refractivity contribution in [2.45, 2.75) is 33.1 Å². The molecule has 0 saturated heterocycles. The highest BCUT2D eigenvalue weighted by atomic mass is 127. The average molecular weight is 332 g/mol. The molecule has 0 aliphatic rings. The van der Waals surface area contributed by atoms with E-state index in [2.05, 4.69) is 60.7 Å². The summed E-state index contributed by atoms with van der Waals surface area (Å²) >= 11 is 2.43. The third-order valence-corrected chi connectivity index (χ3v) is 3.12. The number of unbranched alkanes of at least 4 members (excludes halogenated alkanes) is 1. The highest BCUT2D eigenvalue weighted by Gasteiger charge is 1.98. The second kappa shape index (κ2) is 7.93. The molecule has 0 aromatic heterocycles. The van der Waals surface area contributed by atoms with Crippen LogP contribution in [0.1, 0.15) is 32.3 Å². The normalized spacial score (nSPS) is 10.8. The summed E-state index contributed by atoms with van der Waals surface area (Å²) in [4.78, 5) is 0. The zero-order valence-corrected chi connectivity index (χ0v) is 12.4. The molecule has 2 heteroatoms. The first-order valence-electron chi connectivity index (χ1n) is 6.00. The van der Waals surface area contributed by atoms with Gasteiger partial charge >= 0.3 is 0 Å². The Hall–Kier alpha value is -0.250. The summed E-state index contributed by atoms with van der Waals surface area (Å²) in [5, 5.41) is 0. The number of rotatable bonds is 7. The Kier molecular flexibility index (Phi) is 6.85. The number of alkyl halides is 1. The molecule has 0 fully saturated rings. The van der Waals surface area contributed by atoms with Crippen LogP contribution in [0.25, 0.3) is 0 Å². The molecule has 90 valence electrons. The predicted molar refractivity (Wildman–Crippen MR) is 78.6 cm³/mol. The molecular weight excluding hydrogens is 311 g/mol. The highest BCUT2D eigenvalue weighted by Crippen LogP contribution is 2.14. The van der Waals surface area contributed by atoms with Crippen LogP contribution < -0.4 is 4.74 Å². The van der Waals surface area contributed by atoms with Gasteiger partial charge in [-0.25, -0.2) is 0 Å². The molecule has 1 aromatic carbocycles. The van der Waals surface area contributed by atoms with Crippen molar-refractivity contribution < 1.29 is 4.74 Å². The molecule has 0 spiro atoms. The van der Waals surface area contributed by atoms with E-state index in [4.69, 9.17) is 4.74 Å². The maximum atomic E-state index is 5.65. The molecule has 0 radical (unpaired) electrons. The standard InChI is InChI=1S/C14H21IO/c1-12(2)11-16-14-8-6-13(7-9-14)5-3-4-10-15/h6-9,12H,3-5,10-11H2,1-2H3. The van der Waals surface area contributed by atoms with Gasteiger partial charge in [-0.3, -0.25) is 0 Å². The first-order chi connectivity index (χ1) is 7.72. The van der Waals surface area contributed by atoms with Gasteiger partial charge in [0, 0.05) is 0 Å². The third-order valence-electron chi connectivity index (χ3n) is 2.36. The lowest BCUT2D eigenvalue weighted by molar-refractivity contribution is 0.271. The van der Waals surface area contributed by atoms with Crippen molar-refractivity contribution in [3.63, 3.8) is 0 Å². The van der Waals surface area contributed by atoms with Crippen molar-refractivity contribution in [1.82, 2.24) is 0 Å². The van der Waals surface area contributed by atoms with Crippen molar-refractivity contribution in [1.29, 1.82) is 0 Å². The van der Waals surface area contributed by atoms with Gasteiger partial charge in [0.25, 0.3) is 0 Å². The summed E-state index contributed by atoms with van der Waals surface area (Å²) in [7, 11) is 0. The van der Waals surface area contributed by atoms with E-state index in [1.54, 1.807) is 0 Å². The molecule has 0 unspecified atom stereocenters. The largest absolute Gasteiger partial charge is 0.493 e. The van der Waals surface area contributed by atoms with E-state index in [0.29, 0.717) is 5.92 Å². The molecule has 0 N–H and O–H groups in total. The summed E-state index contributed by atoms with van der Waals surface area (Å²) in [6, 6.07) is 8.54. The quantitative estimate of drug-likeness (QED) is 0.406. The average Bonchev–Trinajstić information content (AvgIpc) is 2.28. The van der Waals surface area contributed by atoms with Crippen LogP contribution in [0, 0.1) is 5.92 Å². The van der Waals surface area contributed by atoms with Crippen LogP contribution in [0.3, 0.4) is 0 Å². The minimum Gasteiger partial charge on any atom is -0.493 e. The van der Waals surface area contributed by atoms with Crippen LogP contribution in [0.15, 0.2) is 24.3 Å². The Morgan fingerprint density at radius 2 is 1.81 bits per heavy atom. The number of hydrogen-bond donors (Lipinski definition) is 0. The van der Waals surface area contributed by atoms with E-state index in [1.807, 2.05) is 0 Å². The first kappa shape index (κ1) is 13.8. The lowest BCUT2D eigenvalue weighted by atomic mass is 10.1. The zero-order valence-electron chi connectivity index (χ0n) is 10.2. The predicted octanol–water partition coefficient (Wildman–Crippen LogP) is 4.48. The molecule has 1 nitrogen and oxygen atoms in total. The van der Waals surface area contributed by atoms with Gasteiger partial charge in [0.15, 0.2) is 0 Å². The molecular formula is C14H21IO. The molecule has 0 aliphatic carbocycles. The van der Waals surface area contributed by atoms with E-state index in [0.717, 1.165) is 12.4 Å². The van der Waals surface area contributed by atoms with Crippen LogP contribution in [-0.2, 0) is 6.42 Å². The van der Waals surface area contributed by atoms with Gasteiger partial charge in [-0.15, -0.1) is 0 Å². The van der Waals surface area contributed by atoms with Crippen molar-refractivity contribution in [3.8, 4) is 5.75 Å². The van der Waals surface area contributed by atoms with Crippen molar-refractivity contribution in [2.75, 3.05) is 11.0 Å². The maximum Gasteiger partial charge on any atom is 0.119 e. The molecule has 0 amide bonds. The topological polar surface area (TPSA) is 9.23 Å². The summed E-state index contributed by atoms with van der Waals surface area (Å²) in [5.74, 6) is 1.58. The summed E-state index contributed by atoms with van der Waals surface area (Å²) in [6.07, 6.45) is 3.79. The van der Waals surface area contributed by atoms with E-state index in [9.17, 15) is 0 Å². The molecule has 0 heterocycles. The Bertz CT molecular complexity index is 279. The van der Waals surface area contributed by atoms with Gasteiger partial charge in [-0.2, -0.15) is 0 Å². The molecule has 0 aliphatic heterocycles. The first-order valence-corrected chi connectivity index (χ1v) is 7.52. The van der Waals surface area contributed by atoms with Crippen LogP contribution in [0.5, 0.6) is 5.75 Å². The minimum absolute atomic E-state index is 0.586. The van der Waals surface area contributed by atoms with Crippen LogP contribution in [-0.4, -0.2) is 11.0 Å². The van der Waals surface area contributed by atoms with Gasteiger partial charge in [-0.1, -0.05) is 48.6 Å². The summed E-state index contributed by atoms with van der Waals surface area (Å²) in [5.41, 5.74) is 1.42. The lowest BCUT2D eigenvalue weighted by Crippen LogP contribution is -2.04. The number of aryl methyl sites for hydroxylation is 1. The van der Waals surface area contributed by atoms with Crippen molar-refractivity contribution >= 4 is 22.6 Å². The van der Waals surface area contributed by atoms with Crippen LogP contribution in [0.2, 0.25) is 0 Å². The number of halogens is 1. The number of hydrogen-bond acceptors (Lipinski definition) is 1. The van der Waals surface area contributed by atoms with Gasteiger partial charge in [0.1, 0.15) is 5.75 Å². The number of benzene rings is 1. The Morgan fingerprint density at radius 3 is 2.38 bits per heavy atom. The fourth-order valence-corrected chi connectivity index (χ4v) is 1.98. The minimum atomic E-state index is 0.586. The maximum absolute atomic E-state index is 5.65. The monoisotopic (exact) mass is 332 g/mol. The summed E-state index contributed by atoms with van der Waals surface area (Å²) < 4.78 is 6.90. The van der Waals surface area contributed by atoms with Crippen LogP contribution in [0.4, 0.5) is 0 Å². The van der Waals surface area contributed by atoms with E-state index >= 15 is 0 Å². The molecule has 16 heavy (non-hydrogen) atoms. The van der Waals surface area contributed by atoms with E-state index in [-0.39, 0.29) is 0 Å². The van der Waals surface area contributed by atoms with Gasteiger partial charge < -0.3 is 4.74 Å². The fraction of sp³-hybridized carbons (Fsp3) is 0.571. The van der Waals surface area contributed by atoms with E-state index < -0.39 is 0 Å². The molecule has 0 atom stereocenters. The second-order valence-electron chi connectivity index (χ2n) is 4.49. The van der Waals surface area contributed by atoms with Gasteiger partial charge in [0.05, 0.1) is 6.61 Å². The third kappa shape index (κ3) is 5.73. The second-order valence-corrected chi connectivity index (χ2v) is 5.57. The Labute approximate surface area is 113 Å². The van der Waals surface area contributed by atoms with Crippen LogP contribution >= 0.6 is 22.6 Å². The SMILES string of the molecule is CC(C)COc1ccc(CCCCI)cc1. The molecule has 0 saturated carbocycles.